The largest absolute Gasteiger partial charge is 0.493 e. The third-order valence-corrected chi connectivity index (χ3v) is 4.23. The van der Waals surface area contributed by atoms with E-state index in [9.17, 15) is 4.79 Å². The lowest BCUT2D eigenvalue weighted by Gasteiger charge is -2.13. The van der Waals surface area contributed by atoms with Crippen molar-refractivity contribution in [3.8, 4) is 11.5 Å². The summed E-state index contributed by atoms with van der Waals surface area (Å²) in [5.74, 6) is 1.20. The number of nitrogens with one attached hydrogen (secondary N) is 1. The molecule has 8 heteroatoms. The van der Waals surface area contributed by atoms with Gasteiger partial charge >= 0.3 is 0 Å². The molecule has 3 rings (SSSR count). The zero-order valence-electron chi connectivity index (χ0n) is 16.3. The molecule has 0 radical (unpaired) electrons. The zero-order chi connectivity index (χ0) is 20.8. The molecule has 1 aromatic heterocycles. The Labute approximate surface area is 168 Å². The van der Waals surface area contributed by atoms with Gasteiger partial charge < -0.3 is 26.3 Å². The second-order valence-electron chi connectivity index (χ2n) is 6.50. The van der Waals surface area contributed by atoms with Gasteiger partial charge in [-0.2, -0.15) is 4.98 Å². The lowest BCUT2D eigenvalue weighted by Crippen LogP contribution is -2.20. The van der Waals surface area contributed by atoms with Gasteiger partial charge in [-0.25, -0.2) is 4.98 Å². The summed E-state index contributed by atoms with van der Waals surface area (Å²) < 4.78 is 11.0. The minimum absolute atomic E-state index is 0.136. The summed E-state index contributed by atoms with van der Waals surface area (Å²) in [6.45, 7) is 1.85. The van der Waals surface area contributed by atoms with Gasteiger partial charge in [0.1, 0.15) is 5.82 Å². The number of nitrogen functional groups attached to an aromatic ring is 2. The number of hydrogen-bond donors (Lipinski definition) is 3. The summed E-state index contributed by atoms with van der Waals surface area (Å²) >= 11 is 0. The molecule has 0 fully saturated rings. The molecule has 5 N–H and O–H groups in total. The van der Waals surface area contributed by atoms with Crippen LogP contribution in [0.1, 0.15) is 16.7 Å². The van der Waals surface area contributed by atoms with Crippen LogP contribution < -0.4 is 26.3 Å². The van der Waals surface area contributed by atoms with E-state index in [1.165, 1.54) is 0 Å². The fourth-order valence-electron chi connectivity index (χ4n) is 2.71. The Morgan fingerprint density at radius 3 is 2.55 bits per heavy atom. The number of nitrogens with two attached hydrogens (primary N) is 2. The molecule has 29 heavy (non-hydrogen) atoms. The number of anilines is 3. The molecular formula is C21H23N5O3. The van der Waals surface area contributed by atoms with Crippen LogP contribution in [0.25, 0.3) is 0 Å². The standard InChI is InChI=1S/C21H23N5O3/c1-13-3-6-16(7-4-13)25-19(27)12-29-17-8-5-14(10-18(17)28-2)9-15-11-24-21(23)26-20(15)22/h3-8,10-11H,9,12H2,1-2H3,(H,25,27)(H4,22,23,24,26). The van der Waals surface area contributed by atoms with Crippen molar-refractivity contribution < 1.29 is 14.3 Å². The first-order valence-electron chi connectivity index (χ1n) is 8.97. The topological polar surface area (TPSA) is 125 Å². The molecule has 8 nitrogen and oxygen atoms in total. The van der Waals surface area contributed by atoms with E-state index in [1.807, 2.05) is 43.3 Å². The van der Waals surface area contributed by atoms with Crippen LogP contribution in [0.4, 0.5) is 17.5 Å². The van der Waals surface area contributed by atoms with Crippen molar-refractivity contribution in [2.24, 2.45) is 0 Å². The van der Waals surface area contributed by atoms with E-state index >= 15 is 0 Å². The van der Waals surface area contributed by atoms with Crippen LogP contribution in [0.15, 0.2) is 48.7 Å². The van der Waals surface area contributed by atoms with Crippen molar-refractivity contribution in [3.05, 3.63) is 65.4 Å². The summed E-state index contributed by atoms with van der Waals surface area (Å²) in [5.41, 5.74) is 14.9. The smallest absolute Gasteiger partial charge is 0.262 e. The molecule has 0 aliphatic rings. The van der Waals surface area contributed by atoms with Crippen molar-refractivity contribution >= 4 is 23.4 Å². The summed E-state index contributed by atoms with van der Waals surface area (Å²) in [5, 5.41) is 2.79. The molecule has 0 aliphatic carbocycles. The molecule has 150 valence electrons. The number of carbonyl (C=O) groups is 1. The van der Waals surface area contributed by atoms with E-state index in [0.717, 1.165) is 22.4 Å². The lowest BCUT2D eigenvalue weighted by atomic mass is 10.1. The van der Waals surface area contributed by atoms with Gasteiger partial charge in [0.05, 0.1) is 7.11 Å². The predicted molar refractivity (Wildman–Crippen MR) is 112 cm³/mol. The monoisotopic (exact) mass is 393 g/mol. The van der Waals surface area contributed by atoms with Gasteiger partial charge in [-0.3, -0.25) is 4.79 Å². The Kier molecular flexibility index (Phi) is 6.13. The fourth-order valence-corrected chi connectivity index (χ4v) is 2.71. The SMILES string of the molecule is COc1cc(Cc2cnc(N)nc2N)ccc1OCC(=O)Nc1ccc(C)cc1. The molecule has 1 heterocycles. The van der Waals surface area contributed by atoms with E-state index in [0.29, 0.717) is 23.7 Å². The zero-order valence-corrected chi connectivity index (χ0v) is 16.3. The third-order valence-electron chi connectivity index (χ3n) is 4.23. The maximum absolute atomic E-state index is 12.1. The average molecular weight is 393 g/mol. The van der Waals surface area contributed by atoms with E-state index < -0.39 is 0 Å². The first-order valence-corrected chi connectivity index (χ1v) is 8.97. The number of benzene rings is 2. The highest BCUT2D eigenvalue weighted by atomic mass is 16.5. The Morgan fingerprint density at radius 2 is 1.86 bits per heavy atom. The van der Waals surface area contributed by atoms with Gasteiger partial charge in [-0.1, -0.05) is 23.8 Å². The van der Waals surface area contributed by atoms with Crippen molar-refractivity contribution in [1.29, 1.82) is 0 Å². The van der Waals surface area contributed by atoms with E-state index in [-0.39, 0.29) is 18.5 Å². The van der Waals surface area contributed by atoms with Crippen LogP contribution in [-0.2, 0) is 11.2 Å². The highest BCUT2D eigenvalue weighted by Gasteiger charge is 2.11. The summed E-state index contributed by atoms with van der Waals surface area (Å²) in [6, 6.07) is 13.0. The third kappa shape index (κ3) is 5.35. The Balaban J connectivity index is 1.63. The minimum Gasteiger partial charge on any atom is -0.493 e. The van der Waals surface area contributed by atoms with Crippen molar-refractivity contribution in [2.45, 2.75) is 13.3 Å². The number of carbonyl (C=O) groups excluding carboxylic acids is 1. The predicted octanol–water partition coefficient (Wildman–Crippen LogP) is 2.57. The number of amides is 1. The van der Waals surface area contributed by atoms with Crippen molar-refractivity contribution in [2.75, 3.05) is 30.5 Å². The first-order chi connectivity index (χ1) is 13.9. The first kappa shape index (κ1) is 19.9. The van der Waals surface area contributed by atoms with Gasteiger partial charge in [0.25, 0.3) is 5.91 Å². The maximum Gasteiger partial charge on any atom is 0.262 e. The van der Waals surface area contributed by atoms with Gasteiger partial charge in [0.15, 0.2) is 18.1 Å². The minimum atomic E-state index is -0.258. The average Bonchev–Trinajstić information content (AvgIpc) is 2.70. The highest BCUT2D eigenvalue weighted by molar-refractivity contribution is 5.91. The van der Waals surface area contributed by atoms with Crippen LogP contribution in [0.3, 0.4) is 0 Å². The Bertz CT molecular complexity index is 1010. The number of hydrogen-bond acceptors (Lipinski definition) is 7. The number of nitrogens with zero attached hydrogens (tertiary/aromatic N) is 2. The molecule has 2 aromatic carbocycles. The second-order valence-corrected chi connectivity index (χ2v) is 6.50. The number of ether oxygens (including phenoxy) is 2. The molecule has 0 atom stereocenters. The molecule has 0 saturated heterocycles. The summed E-state index contributed by atoms with van der Waals surface area (Å²) in [6.07, 6.45) is 2.11. The fraction of sp³-hybridized carbons (Fsp3) is 0.190. The Morgan fingerprint density at radius 1 is 1.10 bits per heavy atom. The van der Waals surface area contributed by atoms with Gasteiger partial charge in [0, 0.05) is 23.9 Å². The van der Waals surface area contributed by atoms with Crippen molar-refractivity contribution in [3.63, 3.8) is 0 Å². The van der Waals surface area contributed by atoms with E-state index in [1.54, 1.807) is 19.4 Å². The van der Waals surface area contributed by atoms with Gasteiger partial charge in [-0.15, -0.1) is 0 Å². The van der Waals surface area contributed by atoms with Crippen LogP contribution in [0, 0.1) is 6.92 Å². The maximum atomic E-state index is 12.1. The molecule has 0 aliphatic heterocycles. The second kappa shape index (κ2) is 8.92. The number of rotatable bonds is 7. The number of aromatic nitrogens is 2. The van der Waals surface area contributed by atoms with E-state index in [4.69, 9.17) is 20.9 Å². The molecular weight excluding hydrogens is 370 g/mol. The molecule has 3 aromatic rings. The normalized spacial score (nSPS) is 10.4. The number of aryl methyl sites for hydroxylation is 1. The summed E-state index contributed by atoms with van der Waals surface area (Å²) in [4.78, 5) is 20.1. The van der Waals surface area contributed by atoms with E-state index in [2.05, 4.69) is 15.3 Å². The molecule has 0 bridgehead atoms. The van der Waals surface area contributed by atoms with Gasteiger partial charge in [-0.05, 0) is 36.8 Å². The highest BCUT2D eigenvalue weighted by Crippen LogP contribution is 2.29. The van der Waals surface area contributed by atoms with Crippen LogP contribution in [0.5, 0.6) is 11.5 Å². The van der Waals surface area contributed by atoms with Crippen LogP contribution >= 0.6 is 0 Å². The van der Waals surface area contributed by atoms with Crippen LogP contribution in [-0.4, -0.2) is 29.6 Å². The number of methoxy groups -OCH3 is 1. The Hall–Kier alpha value is -3.81. The quantitative estimate of drug-likeness (QED) is 0.563. The van der Waals surface area contributed by atoms with Gasteiger partial charge in [0.2, 0.25) is 5.95 Å². The molecule has 0 saturated carbocycles. The molecule has 0 spiro atoms. The van der Waals surface area contributed by atoms with Crippen molar-refractivity contribution in [1.82, 2.24) is 9.97 Å². The molecule has 1 amide bonds. The summed E-state index contributed by atoms with van der Waals surface area (Å²) in [7, 11) is 1.54. The lowest BCUT2D eigenvalue weighted by molar-refractivity contribution is -0.118. The molecule has 0 unspecified atom stereocenters. The van der Waals surface area contributed by atoms with Crippen LogP contribution in [0.2, 0.25) is 0 Å².